The van der Waals surface area contributed by atoms with Gasteiger partial charge >= 0.3 is 0 Å². The van der Waals surface area contributed by atoms with Crippen LogP contribution in [0.5, 0.6) is 0 Å². The minimum atomic E-state index is -0.565. The number of nitrogens with one attached hydrogen (secondary N) is 1. The quantitative estimate of drug-likeness (QED) is 0.258. The summed E-state index contributed by atoms with van der Waals surface area (Å²) in [6, 6.07) is 10.2. The van der Waals surface area contributed by atoms with Crippen LogP contribution in [0.4, 0.5) is 11.4 Å². The molecule has 3 heterocycles. The summed E-state index contributed by atoms with van der Waals surface area (Å²) in [5.74, 6) is -1.46. The van der Waals surface area contributed by atoms with Gasteiger partial charge in [-0.05, 0) is 24.3 Å². The number of anilines is 1. The summed E-state index contributed by atoms with van der Waals surface area (Å²) in [6.45, 7) is -0.387. The fraction of sp³-hybridized carbons (Fsp3) is 0.0909. The Hall–Kier alpha value is -5.20. The number of fused-ring (bicyclic) bond motifs is 2. The Morgan fingerprint density at radius 1 is 1.09 bits per heavy atom. The Morgan fingerprint density at radius 2 is 1.83 bits per heavy atom. The van der Waals surface area contributed by atoms with Gasteiger partial charge in [0.1, 0.15) is 23.9 Å². The molecular formula is C22H15N7O6. The number of hydrogen-bond donors (Lipinski definition) is 1. The van der Waals surface area contributed by atoms with Gasteiger partial charge in [0, 0.05) is 18.8 Å². The summed E-state index contributed by atoms with van der Waals surface area (Å²) in [6.07, 6.45) is 2.38. The van der Waals surface area contributed by atoms with E-state index in [1.807, 2.05) is 0 Å². The number of carbonyl (C=O) groups is 3. The second kappa shape index (κ2) is 7.98. The van der Waals surface area contributed by atoms with E-state index in [9.17, 15) is 29.3 Å². The molecule has 1 aliphatic rings. The first-order chi connectivity index (χ1) is 16.8. The lowest BCUT2D eigenvalue weighted by Gasteiger charge is -2.08. The van der Waals surface area contributed by atoms with E-state index in [4.69, 9.17) is 0 Å². The molecule has 0 bridgehead atoms. The Morgan fingerprint density at radius 3 is 2.60 bits per heavy atom. The largest absolute Gasteiger partial charge is 0.325 e. The van der Waals surface area contributed by atoms with Crippen LogP contribution in [-0.2, 0) is 11.3 Å². The average Bonchev–Trinajstić information content (AvgIpc) is 3.37. The van der Waals surface area contributed by atoms with Crippen molar-refractivity contribution in [1.82, 2.24) is 24.2 Å². The van der Waals surface area contributed by atoms with Gasteiger partial charge in [0.05, 0.1) is 22.2 Å². The van der Waals surface area contributed by atoms with Gasteiger partial charge in [0.25, 0.3) is 23.1 Å². The predicted octanol–water partition coefficient (Wildman–Crippen LogP) is 1.35. The van der Waals surface area contributed by atoms with Gasteiger partial charge in [-0.3, -0.25) is 38.8 Å². The fourth-order valence-electron chi connectivity index (χ4n) is 3.83. The van der Waals surface area contributed by atoms with Crippen molar-refractivity contribution in [2.75, 3.05) is 12.4 Å². The van der Waals surface area contributed by atoms with Crippen LogP contribution in [0.2, 0.25) is 0 Å². The monoisotopic (exact) mass is 473 g/mol. The average molecular weight is 473 g/mol. The molecule has 13 nitrogen and oxygen atoms in total. The lowest BCUT2D eigenvalue weighted by molar-refractivity contribution is -0.384. The summed E-state index contributed by atoms with van der Waals surface area (Å²) in [5, 5.41) is 18.1. The van der Waals surface area contributed by atoms with E-state index in [0.717, 1.165) is 15.8 Å². The Balaban J connectivity index is 1.41. The molecule has 0 saturated heterocycles. The SMILES string of the molecule is CN1C(=O)c2ccc(NC(=O)Cn3cnc4c(cnn4-c4ccccc4[N+](=O)[O-])c3=O)cc2C1=O. The summed E-state index contributed by atoms with van der Waals surface area (Å²) < 4.78 is 2.26. The zero-order valence-corrected chi connectivity index (χ0v) is 18.0. The first-order valence-corrected chi connectivity index (χ1v) is 10.2. The molecule has 0 atom stereocenters. The molecule has 0 unspecified atom stereocenters. The van der Waals surface area contributed by atoms with Crippen LogP contribution in [-0.4, -0.2) is 53.9 Å². The van der Waals surface area contributed by atoms with Gasteiger partial charge in [-0.1, -0.05) is 12.1 Å². The zero-order valence-electron chi connectivity index (χ0n) is 18.0. The predicted molar refractivity (Wildman–Crippen MR) is 121 cm³/mol. The maximum absolute atomic E-state index is 12.9. The summed E-state index contributed by atoms with van der Waals surface area (Å²) in [5.41, 5.74) is 0.193. The molecular weight excluding hydrogens is 458 g/mol. The van der Waals surface area contributed by atoms with Gasteiger partial charge in [-0.2, -0.15) is 5.10 Å². The van der Waals surface area contributed by atoms with Crippen LogP contribution in [0, 0.1) is 10.1 Å². The third kappa shape index (κ3) is 3.51. The minimum Gasteiger partial charge on any atom is -0.325 e. The van der Waals surface area contributed by atoms with Crippen LogP contribution in [0.25, 0.3) is 16.7 Å². The maximum atomic E-state index is 12.9. The summed E-state index contributed by atoms with van der Waals surface area (Å²) in [4.78, 5) is 65.6. The van der Waals surface area contributed by atoms with Crippen LogP contribution in [0.3, 0.4) is 0 Å². The van der Waals surface area contributed by atoms with Crippen molar-refractivity contribution in [1.29, 1.82) is 0 Å². The van der Waals surface area contributed by atoms with E-state index >= 15 is 0 Å². The molecule has 1 N–H and O–H groups in total. The van der Waals surface area contributed by atoms with Crippen molar-refractivity contribution < 1.29 is 19.3 Å². The van der Waals surface area contributed by atoms with Crippen molar-refractivity contribution >= 4 is 40.1 Å². The Bertz CT molecular complexity index is 1640. The standard InChI is InChI=1S/C22H15N7O6/c1-26-20(31)13-7-6-12(8-14(13)21(26)32)25-18(30)10-27-11-23-19-15(22(27)33)9-24-28(19)16-4-2-3-5-17(16)29(34)35/h2-9,11H,10H2,1H3,(H,25,30). The summed E-state index contributed by atoms with van der Waals surface area (Å²) in [7, 11) is 1.37. The molecule has 0 saturated carbocycles. The van der Waals surface area contributed by atoms with E-state index in [-0.39, 0.29) is 45.8 Å². The normalized spacial score (nSPS) is 12.8. The van der Waals surface area contributed by atoms with Crippen molar-refractivity contribution in [3.05, 3.63) is 86.6 Å². The number of carbonyl (C=O) groups excluding carboxylic acids is 3. The molecule has 4 aromatic rings. The topological polar surface area (TPSA) is 162 Å². The number of hydrogen-bond acceptors (Lipinski definition) is 8. The molecule has 0 fully saturated rings. The van der Waals surface area contributed by atoms with Crippen molar-refractivity contribution in [3.8, 4) is 5.69 Å². The third-order valence-electron chi connectivity index (χ3n) is 5.55. The number of rotatable bonds is 5. The second-order valence-electron chi connectivity index (χ2n) is 7.69. The fourth-order valence-corrected chi connectivity index (χ4v) is 3.83. The molecule has 5 rings (SSSR count). The minimum absolute atomic E-state index is 0.0723. The van der Waals surface area contributed by atoms with E-state index in [2.05, 4.69) is 15.4 Å². The lowest BCUT2D eigenvalue weighted by Crippen LogP contribution is -2.28. The highest BCUT2D eigenvalue weighted by Gasteiger charge is 2.32. The molecule has 0 aliphatic carbocycles. The van der Waals surface area contributed by atoms with Crippen LogP contribution >= 0.6 is 0 Å². The molecule has 0 spiro atoms. The number of benzene rings is 2. The van der Waals surface area contributed by atoms with Crippen molar-refractivity contribution in [2.45, 2.75) is 6.54 Å². The number of nitrogens with zero attached hydrogens (tertiary/aromatic N) is 6. The lowest BCUT2D eigenvalue weighted by atomic mass is 10.1. The number of nitro benzene ring substituents is 1. The zero-order chi connectivity index (χ0) is 24.9. The first kappa shape index (κ1) is 21.6. The number of amides is 3. The highest BCUT2D eigenvalue weighted by atomic mass is 16.6. The van der Waals surface area contributed by atoms with E-state index in [1.54, 1.807) is 6.07 Å². The molecule has 35 heavy (non-hydrogen) atoms. The third-order valence-corrected chi connectivity index (χ3v) is 5.55. The number of para-hydroxylation sites is 2. The highest BCUT2D eigenvalue weighted by Crippen LogP contribution is 2.25. The van der Waals surface area contributed by atoms with Crippen LogP contribution in [0.15, 0.2) is 59.8 Å². The van der Waals surface area contributed by atoms with Gasteiger partial charge in [-0.25, -0.2) is 9.67 Å². The molecule has 13 heteroatoms. The number of aromatic nitrogens is 4. The van der Waals surface area contributed by atoms with Crippen LogP contribution in [0.1, 0.15) is 20.7 Å². The van der Waals surface area contributed by atoms with Crippen LogP contribution < -0.4 is 10.9 Å². The molecule has 3 amide bonds. The molecule has 0 radical (unpaired) electrons. The number of nitro groups is 1. The number of imide groups is 1. The Kier molecular flexibility index (Phi) is 4.94. The maximum Gasteiger partial charge on any atom is 0.294 e. The van der Waals surface area contributed by atoms with E-state index in [0.29, 0.717) is 0 Å². The van der Waals surface area contributed by atoms with Gasteiger partial charge in [0.15, 0.2) is 5.65 Å². The highest BCUT2D eigenvalue weighted by molar-refractivity contribution is 6.21. The van der Waals surface area contributed by atoms with E-state index in [1.165, 1.54) is 54.3 Å². The Labute approximate surface area is 195 Å². The molecule has 174 valence electrons. The molecule has 1 aliphatic heterocycles. The molecule has 2 aromatic carbocycles. The molecule has 2 aromatic heterocycles. The van der Waals surface area contributed by atoms with Crippen molar-refractivity contribution in [2.24, 2.45) is 0 Å². The van der Waals surface area contributed by atoms with E-state index < -0.39 is 28.2 Å². The first-order valence-electron chi connectivity index (χ1n) is 10.2. The van der Waals surface area contributed by atoms with Gasteiger partial charge in [0.2, 0.25) is 5.91 Å². The second-order valence-corrected chi connectivity index (χ2v) is 7.69. The smallest absolute Gasteiger partial charge is 0.294 e. The van der Waals surface area contributed by atoms with Crippen molar-refractivity contribution in [3.63, 3.8) is 0 Å². The summed E-state index contributed by atoms with van der Waals surface area (Å²) >= 11 is 0. The van der Waals surface area contributed by atoms with Gasteiger partial charge in [-0.15, -0.1) is 0 Å². The van der Waals surface area contributed by atoms with Gasteiger partial charge < -0.3 is 5.32 Å².